The topological polar surface area (TPSA) is 55.4 Å². The van der Waals surface area contributed by atoms with E-state index in [-0.39, 0.29) is 23.7 Å². The van der Waals surface area contributed by atoms with E-state index in [1.807, 2.05) is 13.8 Å². The molecule has 0 aromatic heterocycles. The largest absolute Gasteiger partial charge is 0.450 e. The standard InChI is InChI=1S/C12H17NO3/c1-6(2)7-5-8(14)13-10-9(7)11(15)16-12(10,3)4/h6-7H,5H2,1-4H3,(H,13,14)/t7-/m0/s1. The van der Waals surface area contributed by atoms with Gasteiger partial charge in [0.15, 0.2) is 0 Å². The molecule has 0 saturated carbocycles. The van der Waals surface area contributed by atoms with E-state index >= 15 is 0 Å². The lowest BCUT2D eigenvalue weighted by molar-refractivity contribution is -0.145. The number of esters is 1. The van der Waals surface area contributed by atoms with Crippen molar-refractivity contribution in [3.05, 3.63) is 11.3 Å². The van der Waals surface area contributed by atoms with Crippen molar-refractivity contribution in [2.24, 2.45) is 11.8 Å². The summed E-state index contributed by atoms with van der Waals surface area (Å²) in [7, 11) is 0. The minimum Gasteiger partial charge on any atom is -0.450 e. The van der Waals surface area contributed by atoms with E-state index in [1.165, 1.54) is 0 Å². The first-order valence-electron chi connectivity index (χ1n) is 5.61. The van der Waals surface area contributed by atoms with Crippen molar-refractivity contribution in [2.75, 3.05) is 0 Å². The molecule has 0 unspecified atom stereocenters. The van der Waals surface area contributed by atoms with E-state index in [9.17, 15) is 9.59 Å². The fourth-order valence-electron chi connectivity index (χ4n) is 2.38. The van der Waals surface area contributed by atoms with Gasteiger partial charge in [-0.15, -0.1) is 0 Å². The maximum absolute atomic E-state index is 11.8. The third kappa shape index (κ3) is 1.52. The number of carbonyl (C=O) groups excluding carboxylic acids is 2. The number of ether oxygens (including phenoxy) is 1. The third-order valence-electron chi connectivity index (χ3n) is 3.28. The van der Waals surface area contributed by atoms with E-state index in [2.05, 4.69) is 5.32 Å². The zero-order valence-corrected chi connectivity index (χ0v) is 10.1. The Labute approximate surface area is 95.0 Å². The minimum absolute atomic E-state index is 0.0157. The van der Waals surface area contributed by atoms with Crippen molar-refractivity contribution >= 4 is 11.9 Å². The van der Waals surface area contributed by atoms with Gasteiger partial charge >= 0.3 is 5.97 Å². The van der Waals surface area contributed by atoms with Crippen LogP contribution >= 0.6 is 0 Å². The smallest absolute Gasteiger partial charge is 0.337 e. The number of amides is 1. The monoisotopic (exact) mass is 223 g/mol. The molecule has 16 heavy (non-hydrogen) atoms. The second kappa shape index (κ2) is 3.34. The van der Waals surface area contributed by atoms with E-state index < -0.39 is 5.60 Å². The predicted octanol–water partition coefficient (Wildman–Crippen LogP) is 1.37. The van der Waals surface area contributed by atoms with E-state index in [0.29, 0.717) is 17.7 Å². The third-order valence-corrected chi connectivity index (χ3v) is 3.28. The molecule has 0 aromatic rings. The van der Waals surface area contributed by atoms with Crippen LogP contribution in [0.15, 0.2) is 11.3 Å². The highest BCUT2D eigenvalue weighted by Gasteiger charge is 2.47. The van der Waals surface area contributed by atoms with Gasteiger partial charge in [-0.2, -0.15) is 0 Å². The maximum Gasteiger partial charge on any atom is 0.337 e. The molecule has 1 N–H and O–H groups in total. The van der Waals surface area contributed by atoms with E-state index in [1.54, 1.807) is 13.8 Å². The first-order valence-corrected chi connectivity index (χ1v) is 5.61. The van der Waals surface area contributed by atoms with E-state index in [0.717, 1.165) is 0 Å². The Morgan fingerprint density at radius 1 is 1.38 bits per heavy atom. The fourth-order valence-corrected chi connectivity index (χ4v) is 2.38. The van der Waals surface area contributed by atoms with Gasteiger partial charge in [0.1, 0.15) is 5.60 Å². The summed E-state index contributed by atoms with van der Waals surface area (Å²) in [5.74, 6) is -0.0574. The molecule has 0 bridgehead atoms. The second-order valence-corrected chi connectivity index (χ2v) is 5.29. The van der Waals surface area contributed by atoms with Gasteiger partial charge in [-0.1, -0.05) is 13.8 Å². The molecule has 1 atom stereocenters. The molecule has 2 heterocycles. The molecule has 88 valence electrons. The van der Waals surface area contributed by atoms with Crippen LogP contribution < -0.4 is 5.32 Å². The SMILES string of the molecule is CC(C)[C@@H]1CC(=O)NC2=C1C(=O)OC2(C)C. The molecule has 0 fully saturated rings. The average molecular weight is 223 g/mol. The molecule has 2 aliphatic heterocycles. The van der Waals surface area contributed by atoms with Crippen LogP contribution in [0.2, 0.25) is 0 Å². The summed E-state index contributed by atoms with van der Waals surface area (Å²) in [4.78, 5) is 23.4. The lowest BCUT2D eigenvalue weighted by atomic mass is 9.81. The Balaban J connectivity index is 2.49. The van der Waals surface area contributed by atoms with Crippen LogP contribution in [0.25, 0.3) is 0 Å². The van der Waals surface area contributed by atoms with Gasteiger partial charge in [0.2, 0.25) is 5.91 Å². The quantitative estimate of drug-likeness (QED) is 0.683. The Hall–Kier alpha value is -1.32. The zero-order valence-electron chi connectivity index (χ0n) is 10.1. The zero-order chi connectivity index (χ0) is 12.1. The Morgan fingerprint density at radius 3 is 2.56 bits per heavy atom. The summed E-state index contributed by atoms with van der Waals surface area (Å²) in [6, 6.07) is 0. The van der Waals surface area contributed by atoms with Gasteiger partial charge < -0.3 is 10.1 Å². The van der Waals surface area contributed by atoms with Crippen molar-refractivity contribution < 1.29 is 14.3 Å². The minimum atomic E-state index is -0.699. The lowest BCUT2D eigenvalue weighted by Crippen LogP contribution is -2.40. The number of cyclic esters (lactones) is 1. The number of nitrogens with one attached hydrogen (secondary N) is 1. The highest BCUT2D eigenvalue weighted by molar-refractivity contribution is 5.97. The first kappa shape index (κ1) is 11.2. The average Bonchev–Trinajstić information content (AvgIpc) is 2.36. The molecular weight excluding hydrogens is 206 g/mol. The van der Waals surface area contributed by atoms with Crippen LogP contribution in [-0.2, 0) is 14.3 Å². The molecular formula is C12H17NO3. The summed E-state index contributed by atoms with van der Waals surface area (Å²) in [6.07, 6.45) is 0.377. The van der Waals surface area contributed by atoms with Crippen LogP contribution in [0.4, 0.5) is 0 Å². The van der Waals surface area contributed by atoms with Crippen LogP contribution in [0.3, 0.4) is 0 Å². The molecule has 0 saturated heterocycles. The van der Waals surface area contributed by atoms with Crippen molar-refractivity contribution in [1.29, 1.82) is 0 Å². The van der Waals surface area contributed by atoms with Gasteiger partial charge in [-0.3, -0.25) is 4.79 Å². The molecule has 2 rings (SSSR count). The summed E-state index contributed by atoms with van der Waals surface area (Å²) in [5, 5.41) is 2.78. The summed E-state index contributed by atoms with van der Waals surface area (Å²) < 4.78 is 5.30. The van der Waals surface area contributed by atoms with Crippen LogP contribution in [0.5, 0.6) is 0 Å². The Kier molecular flexibility index (Phi) is 2.33. The molecule has 1 amide bonds. The molecule has 0 radical (unpaired) electrons. The van der Waals surface area contributed by atoms with Crippen LogP contribution in [-0.4, -0.2) is 17.5 Å². The summed E-state index contributed by atoms with van der Waals surface area (Å²) in [5.41, 5.74) is 0.627. The molecule has 0 spiro atoms. The predicted molar refractivity (Wildman–Crippen MR) is 58.3 cm³/mol. The lowest BCUT2D eigenvalue weighted by Gasteiger charge is -2.28. The number of rotatable bonds is 1. The van der Waals surface area contributed by atoms with Crippen LogP contribution in [0.1, 0.15) is 34.1 Å². The van der Waals surface area contributed by atoms with Gasteiger partial charge in [0, 0.05) is 12.3 Å². The van der Waals surface area contributed by atoms with Gasteiger partial charge in [0.25, 0.3) is 0 Å². The highest BCUT2D eigenvalue weighted by atomic mass is 16.6. The summed E-state index contributed by atoms with van der Waals surface area (Å²) in [6.45, 7) is 7.64. The van der Waals surface area contributed by atoms with Crippen molar-refractivity contribution in [3.8, 4) is 0 Å². The van der Waals surface area contributed by atoms with Gasteiger partial charge in [-0.05, 0) is 19.8 Å². The Morgan fingerprint density at radius 2 is 2.00 bits per heavy atom. The second-order valence-electron chi connectivity index (χ2n) is 5.29. The Bertz CT molecular complexity index is 393. The summed E-state index contributed by atoms with van der Waals surface area (Å²) >= 11 is 0. The van der Waals surface area contributed by atoms with Gasteiger partial charge in [0.05, 0.1) is 11.3 Å². The fraction of sp³-hybridized carbons (Fsp3) is 0.667. The maximum atomic E-state index is 11.8. The van der Waals surface area contributed by atoms with Crippen LogP contribution in [0, 0.1) is 11.8 Å². The van der Waals surface area contributed by atoms with Crippen molar-refractivity contribution in [3.63, 3.8) is 0 Å². The molecule has 2 aliphatic rings. The highest BCUT2D eigenvalue weighted by Crippen LogP contribution is 2.40. The molecule has 4 heteroatoms. The normalized spacial score (nSPS) is 27.9. The number of hydrogen-bond acceptors (Lipinski definition) is 3. The molecule has 0 aromatic carbocycles. The van der Waals surface area contributed by atoms with Crippen molar-refractivity contribution in [1.82, 2.24) is 5.32 Å². The van der Waals surface area contributed by atoms with Crippen molar-refractivity contribution in [2.45, 2.75) is 39.7 Å². The number of hydrogen-bond donors (Lipinski definition) is 1. The molecule has 4 nitrogen and oxygen atoms in total. The number of carbonyl (C=O) groups is 2. The first-order chi connectivity index (χ1) is 7.33. The molecule has 0 aliphatic carbocycles. The van der Waals surface area contributed by atoms with Gasteiger partial charge in [-0.25, -0.2) is 4.79 Å². The van der Waals surface area contributed by atoms with E-state index in [4.69, 9.17) is 4.74 Å².